The van der Waals surface area contributed by atoms with E-state index in [0.717, 1.165) is 6.42 Å². The molecule has 1 aromatic rings. The topological polar surface area (TPSA) is 37.3 Å². The van der Waals surface area contributed by atoms with Gasteiger partial charge in [-0.05, 0) is 18.4 Å². The van der Waals surface area contributed by atoms with E-state index in [1.54, 1.807) is 12.1 Å². The Kier molecular flexibility index (Phi) is 4.78. The van der Waals surface area contributed by atoms with E-state index in [0.29, 0.717) is 17.6 Å². The SMILES string of the molecule is CCC=C(CCO)C(=O)c1ccccc1. The summed E-state index contributed by atoms with van der Waals surface area (Å²) in [7, 11) is 0. The van der Waals surface area contributed by atoms with Crippen molar-refractivity contribution in [2.24, 2.45) is 0 Å². The number of ketones is 1. The third kappa shape index (κ3) is 3.33. The maximum absolute atomic E-state index is 11.9. The highest BCUT2D eigenvalue weighted by Gasteiger charge is 2.10. The normalized spacial score (nSPS) is 11.5. The molecule has 80 valence electrons. The largest absolute Gasteiger partial charge is 0.396 e. The molecule has 2 nitrogen and oxygen atoms in total. The van der Waals surface area contributed by atoms with Crippen LogP contribution < -0.4 is 0 Å². The number of hydrogen-bond donors (Lipinski definition) is 1. The Balaban J connectivity index is 2.86. The quantitative estimate of drug-likeness (QED) is 0.591. The summed E-state index contributed by atoms with van der Waals surface area (Å²) in [4.78, 5) is 11.9. The molecule has 1 rings (SSSR count). The zero-order chi connectivity index (χ0) is 11.1. The number of aliphatic hydroxyl groups is 1. The Morgan fingerprint density at radius 2 is 2.00 bits per heavy atom. The van der Waals surface area contributed by atoms with Gasteiger partial charge in [0.25, 0.3) is 0 Å². The summed E-state index contributed by atoms with van der Waals surface area (Å²) in [6.45, 7) is 2.00. The van der Waals surface area contributed by atoms with E-state index in [9.17, 15) is 4.79 Å². The van der Waals surface area contributed by atoms with Crippen LogP contribution in [0.1, 0.15) is 30.1 Å². The van der Waals surface area contributed by atoms with Crippen LogP contribution in [0.3, 0.4) is 0 Å². The molecular weight excluding hydrogens is 188 g/mol. The first-order valence-electron chi connectivity index (χ1n) is 5.19. The van der Waals surface area contributed by atoms with Gasteiger partial charge in [0.15, 0.2) is 5.78 Å². The average molecular weight is 204 g/mol. The van der Waals surface area contributed by atoms with Crippen LogP contribution in [0.25, 0.3) is 0 Å². The van der Waals surface area contributed by atoms with Gasteiger partial charge in [-0.3, -0.25) is 4.79 Å². The second-order valence-electron chi connectivity index (χ2n) is 3.31. The molecule has 0 aromatic heterocycles. The fraction of sp³-hybridized carbons (Fsp3) is 0.308. The molecule has 0 aliphatic heterocycles. The lowest BCUT2D eigenvalue weighted by atomic mass is 10.0. The molecule has 0 heterocycles. The number of carbonyl (C=O) groups is 1. The van der Waals surface area contributed by atoms with Crippen LogP contribution >= 0.6 is 0 Å². The first kappa shape index (κ1) is 11.7. The zero-order valence-electron chi connectivity index (χ0n) is 8.94. The maximum Gasteiger partial charge on any atom is 0.188 e. The number of carbonyl (C=O) groups excluding carboxylic acids is 1. The Bertz CT molecular complexity index is 339. The van der Waals surface area contributed by atoms with Gasteiger partial charge in [0.1, 0.15) is 0 Å². The lowest BCUT2D eigenvalue weighted by molar-refractivity contribution is 0.102. The van der Waals surface area contributed by atoms with E-state index in [4.69, 9.17) is 5.11 Å². The fourth-order valence-electron chi connectivity index (χ4n) is 1.45. The summed E-state index contributed by atoms with van der Waals surface area (Å²) in [5.74, 6) is 0.0199. The molecule has 1 N–H and O–H groups in total. The van der Waals surface area contributed by atoms with Gasteiger partial charge in [0.2, 0.25) is 0 Å². The third-order valence-electron chi connectivity index (χ3n) is 2.16. The number of rotatable bonds is 5. The van der Waals surface area contributed by atoms with Gasteiger partial charge in [-0.15, -0.1) is 0 Å². The van der Waals surface area contributed by atoms with Gasteiger partial charge >= 0.3 is 0 Å². The predicted octanol–water partition coefficient (Wildman–Crippen LogP) is 2.59. The van der Waals surface area contributed by atoms with Crippen molar-refractivity contribution in [3.8, 4) is 0 Å². The van der Waals surface area contributed by atoms with Gasteiger partial charge in [0.05, 0.1) is 0 Å². The first-order chi connectivity index (χ1) is 7.29. The highest BCUT2D eigenvalue weighted by molar-refractivity contribution is 6.08. The molecule has 0 bridgehead atoms. The number of aliphatic hydroxyl groups excluding tert-OH is 1. The molecule has 0 atom stereocenters. The zero-order valence-corrected chi connectivity index (χ0v) is 8.94. The monoisotopic (exact) mass is 204 g/mol. The van der Waals surface area contributed by atoms with E-state index in [1.165, 1.54) is 0 Å². The van der Waals surface area contributed by atoms with Crippen LogP contribution in [0.15, 0.2) is 42.0 Å². The highest BCUT2D eigenvalue weighted by Crippen LogP contribution is 2.12. The number of Topliss-reactive ketones (excluding diaryl/α,β-unsaturated/α-hetero) is 1. The molecule has 15 heavy (non-hydrogen) atoms. The lowest BCUT2D eigenvalue weighted by Gasteiger charge is -2.04. The van der Waals surface area contributed by atoms with Crippen LogP contribution in [0, 0.1) is 0 Å². The van der Waals surface area contributed by atoms with Crippen molar-refractivity contribution in [2.45, 2.75) is 19.8 Å². The molecule has 1 aromatic carbocycles. The smallest absolute Gasteiger partial charge is 0.188 e. The molecule has 2 heteroatoms. The minimum atomic E-state index is 0.0183. The molecule has 0 spiro atoms. The highest BCUT2D eigenvalue weighted by atomic mass is 16.3. The minimum absolute atomic E-state index is 0.0183. The number of benzene rings is 1. The third-order valence-corrected chi connectivity index (χ3v) is 2.16. The Morgan fingerprint density at radius 1 is 1.33 bits per heavy atom. The summed E-state index contributed by atoms with van der Waals surface area (Å²) < 4.78 is 0. The summed E-state index contributed by atoms with van der Waals surface area (Å²) in [5, 5.41) is 8.87. The molecule has 0 radical (unpaired) electrons. The second kappa shape index (κ2) is 6.14. The number of allylic oxidation sites excluding steroid dienone is 1. The summed E-state index contributed by atoms with van der Waals surface area (Å²) in [6.07, 6.45) is 3.13. The van der Waals surface area contributed by atoms with E-state index in [1.807, 2.05) is 31.2 Å². The summed E-state index contributed by atoms with van der Waals surface area (Å²) in [6, 6.07) is 9.16. The summed E-state index contributed by atoms with van der Waals surface area (Å²) >= 11 is 0. The predicted molar refractivity (Wildman–Crippen MR) is 60.8 cm³/mol. The van der Waals surface area contributed by atoms with Crippen molar-refractivity contribution in [3.63, 3.8) is 0 Å². The molecule has 0 unspecified atom stereocenters. The molecular formula is C13H16O2. The van der Waals surface area contributed by atoms with E-state index in [-0.39, 0.29) is 12.4 Å². The Labute approximate surface area is 90.3 Å². The molecule has 0 saturated carbocycles. The minimum Gasteiger partial charge on any atom is -0.396 e. The van der Waals surface area contributed by atoms with Crippen LogP contribution in [0.4, 0.5) is 0 Å². The fourth-order valence-corrected chi connectivity index (χ4v) is 1.45. The van der Waals surface area contributed by atoms with Crippen molar-refractivity contribution in [2.75, 3.05) is 6.61 Å². The van der Waals surface area contributed by atoms with Gasteiger partial charge in [-0.25, -0.2) is 0 Å². The van der Waals surface area contributed by atoms with Crippen molar-refractivity contribution in [1.29, 1.82) is 0 Å². The molecule has 0 fully saturated rings. The van der Waals surface area contributed by atoms with Crippen LogP contribution in [0.5, 0.6) is 0 Å². The van der Waals surface area contributed by atoms with Crippen molar-refractivity contribution < 1.29 is 9.90 Å². The van der Waals surface area contributed by atoms with Crippen molar-refractivity contribution >= 4 is 5.78 Å². The van der Waals surface area contributed by atoms with Crippen molar-refractivity contribution in [3.05, 3.63) is 47.5 Å². The molecule has 0 amide bonds. The molecule has 0 aliphatic carbocycles. The van der Waals surface area contributed by atoms with Crippen LogP contribution in [-0.2, 0) is 0 Å². The standard InChI is InChI=1S/C13H16O2/c1-2-6-11(9-10-14)13(15)12-7-4-3-5-8-12/h3-8,14H,2,9-10H2,1H3. The van der Waals surface area contributed by atoms with Gasteiger partial charge in [0, 0.05) is 12.2 Å². The first-order valence-corrected chi connectivity index (χ1v) is 5.19. The molecule has 0 aliphatic rings. The van der Waals surface area contributed by atoms with Crippen molar-refractivity contribution in [1.82, 2.24) is 0 Å². The van der Waals surface area contributed by atoms with Gasteiger partial charge < -0.3 is 5.11 Å². The summed E-state index contributed by atoms with van der Waals surface area (Å²) in [5.41, 5.74) is 1.39. The van der Waals surface area contributed by atoms with Gasteiger partial charge in [-0.1, -0.05) is 43.3 Å². The second-order valence-corrected chi connectivity index (χ2v) is 3.31. The van der Waals surface area contributed by atoms with E-state index in [2.05, 4.69) is 0 Å². The number of hydrogen-bond acceptors (Lipinski definition) is 2. The van der Waals surface area contributed by atoms with Crippen LogP contribution in [0.2, 0.25) is 0 Å². The van der Waals surface area contributed by atoms with E-state index < -0.39 is 0 Å². The maximum atomic E-state index is 11.9. The Morgan fingerprint density at radius 3 is 2.53 bits per heavy atom. The Hall–Kier alpha value is -1.41. The van der Waals surface area contributed by atoms with E-state index >= 15 is 0 Å². The van der Waals surface area contributed by atoms with Crippen LogP contribution in [-0.4, -0.2) is 17.5 Å². The average Bonchev–Trinajstić information content (AvgIpc) is 2.29. The van der Waals surface area contributed by atoms with Gasteiger partial charge in [-0.2, -0.15) is 0 Å². The lowest BCUT2D eigenvalue weighted by Crippen LogP contribution is -2.05. The molecule has 0 saturated heterocycles.